The van der Waals surface area contributed by atoms with Crippen molar-refractivity contribution in [1.82, 2.24) is 15.6 Å². The van der Waals surface area contributed by atoms with Crippen LogP contribution in [0.4, 0.5) is 0 Å². The fourth-order valence-electron chi connectivity index (χ4n) is 1.74. The molecule has 0 aliphatic rings. The summed E-state index contributed by atoms with van der Waals surface area (Å²) in [6, 6.07) is 0.441. The zero-order valence-corrected chi connectivity index (χ0v) is 13.5. The second-order valence-corrected chi connectivity index (χ2v) is 6.24. The minimum Gasteiger partial charge on any atom is -0.354 e. The van der Waals surface area contributed by atoms with Gasteiger partial charge in [-0.2, -0.15) is 0 Å². The molecule has 0 spiro atoms. The highest BCUT2D eigenvalue weighted by atomic mass is 32.1. The predicted molar refractivity (Wildman–Crippen MR) is 83.7 cm³/mol. The van der Waals surface area contributed by atoms with Gasteiger partial charge < -0.3 is 10.6 Å². The van der Waals surface area contributed by atoms with E-state index < -0.39 is 0 Å². The van der Waals surface area contributed by atoms with Gasteiger partial charge in [-0.1, -0.05) is 13.8 Å². The average Bonchev–Trinajstić information content (AvgIpc) is 2.77. The highest BCUT2D eigenvalue weighted by molar-refractivity contribution is 7.09. The van der Waals surface area contributed by atoms with Crippen LogP contribution in [0.2, 0.25) is 0 Å². The predicted octanol–water partition coefficient (Wildman–Crippen LogP) is 2.94. The van der Waals surface area contributed by atoms with Gasteiger partial charge >= 0.3 is 0 Å². The lowest BCUT2D eigenvalue weighted by atomic mass is 10.0. The molecule has 1 heterocycles. The molecule has 0 aliphatic carbocycles. The van der Waals surface area contributed by atoms with Crippen LogP contribution < -0.4 is 10.6 Å². The molecule has 0 aliphatic heterocycles. The molecule has 0 saturated heterocycles. The van der Waals surface area contributed by atoms with Crippen molar-refractivity contribution in [3.8, 4) is 0 Å². The van der Waals surface area contributed by atoms with Crippen LogP contribution in [0, 0.1) is 12.8 Å². The Morgan fingerprint density at radius 3 is 2.63 bits per heavy atom. The fraction of sp³-hybridized carbons (Fsp3) is 0.714. The molecule has 108 valence electrons. The third-order valence-corrected chi connectivity index (χ3v) is 3.98. The molecular weight excluding hydrogens is 256 g/mol. The first-order valence-corrected chi connectivity index (χ1v) is 7.77. The van der Waals surface area contributed by atoms with Crippen LogP contribution in [0.1, 0.15) is 44.2 Å². The first-order valence-electron chi connectivity index (χ1n) is 6.89. The Balaban J connectivity index is 2.36. The van der Waals surface area contributed by atoms with E-state index >= 15 is 0 Å². The van der Waals surface area contributed by atoms with Crippen LogP contribution >= 0.6 is 11.3 Å². The van der Waals surface area contributed by atoms with Gasteiger partial charge in [-0.3, -0.25) is 4.99 Å². The molecule has 1 aromatic heterocycles. The maximum atomic E-state index is 4.26. The highest BCUT2D eigenvalue weighted by Gasteiger charge is 2.07. The second kappa shape index (κ2) is 8.15. The average molecular weight is 282 g/mol. The second-order valence-electron chi connectivity index (χ2n) is 5.30. The lowest BCUT2D eigenvalue weighted by Crippen LogP contribution is -2.41. The molecule has 1 rings (SSSR count). The molecule has 5 heteroatoms. The Kier molecular flexibility index (Phi) is 6.84. The maximum absolute atomic E-state index is 4.26. The number of hydrogen-bond donors (Lipinski definition) is 2. The molecule has 0 radical (unpaired) electrons. The molecule has 0 amide bonds. The molecule has 1 aromatic rings. The first kappa shape index (κ1) is 16.0. The van der Waals surface area contributed by atoms with Crippen LogP contribution in [0.15, 0.2) is 10.5 Å². The smallest absolute Gasteiger partial charge is 0.191 e. The molecule has 0 fully saturated rings. The summed E-state index contributed by atoms with van der Waals surface area (Å²) in [5, 5.41) is 6.77. The van der Waals surface area contributed by atoms with Gasteiger partial charge in [-0.05, 0) is 32.6 Å². The molecule has 2 N–H and O–H groups in total. The molecule has 0 aromatic carbocycles. The number of nitrogens with one attached hydrogen (secondary N) is 2. The summed E-state index contributed by atoms with van der Waals surface area (Å²) in [6.07, 6.45) is 2.40. The minimum atomic E-state index is 0.441. The Hall–Kier alpha value is -1.10. The molecular formula is C14H26N4S. The maximum Gasteiger partial charge on any atom is 0.191 e. The van der Waals surface area contributed by atoms with E-state index in [1.54, 1.807) is 11.3 Å². The number of thiazole rings is 1. The number of hydrogen-bond acceptors (Lipinski definition) is 3. The summed E-state index contributed by atoms with van der Waals surface area (Å²) >= 11 is 1.68. The van der Waals surface area contributed by atoms with Crippen molar-refractivity contribution in [2.75, 3.05) is 7.05 Å². The van der Waals surface area contributed by atoms with E-state index in [4.69, 9.17) is 0 Å². The van der Waals surface area contributed by atoms with E-state index in [2.05, 4.69) is 41.4 Å². The normalized spacial score (nSPS) is 13.7. The van der Waals surface area contributed by atoms with Gasteiger partial charge in [0.15, 0.2) is 5.96 Å². The third kappa shape index (κ3) is 6.05. The van der Waals surface area contributed by atoms with Gasteiger partial charge in [0, 0.05) is 18.0 Å². The molecule has 1 unspecified atom stereocenters. The zero-order chi connectivity index (χ0) is 14.3. The summed E-state index contributed by atoms with van der Waals surface area (Å²) in [7, 11) is 1.81. The summed E-state index contributed by atoms with van der Waals surface area (Å²) in [5.41, 5.74) is 2.98. The Labute approximate surface area is 120 Å². The van der Waals surface area contributed by atoms with Crippen molar-refractivity contribution in [1.29, 1.82) is 0 Å². The number of rotatable bonds is 6. The largest absolute Gasteiger partial charge is 0.354 e. The number of aliphatic imine (C=N–C) groups is 1. The van der Waals surface area contributed by atoms with Crippen molar-refractivity contribution < 1.29 is 0 Å². The highest BCUT2D eigenvalue weighted by Crippen LogP contribution is 2.11. The van der Waals surface area contributed by atoms with Crippen LogP contribution in [-0.2, 0) is 6.54 Å². The van der Waals surface area contributed by atoms with Crippen LogP contribution in [0.5, 0.6) is 0 Å². The van der Waals surface area contributed by atoms with Crippen molar-refractivity contribution in [3.05, 3.63) is 16.1 Å². The summed E-state index contributed by atoms with van der Waals surface area (Å²) in [6.45, 7) is 9.54. The van der Waals surface area contributed by atoms with E-state index in [1.165, 1.54) is 11.3 Å². The van der Waals surface area contributed by atoms with Crippen LogP contribution in [0.3, 0.4) is 0 Å². The Morgan fingerprint density at radius 1 is 1.37 bits per heavy atom. The van der Waals surface area contributed by atoms with Gasteiger partial charge in [-0.25, -0.2) is 4.98 Å². The monoisotopic (exact) mass is 282 g/mol. The Morgan fingerprint density at radius 2 is 2.11 bits per heavy atom. The number of guanidine groups is 1. The topological polar surface area (TPSA) is 49.3 Å². The number of aryl methyl sites for hydroxylation is 1. The van der Waals surface area contributed by atoms with Crippen LogP contribution in [0.25, 0.3) is 0 Å². The van der Waals surface area contributed by atoms with Crippen molar-refractivity contribution >= 4 is 17.3 Å². The zero-order valence-electron chi connectivity index (χ0n) is 12.7. The first-order chi connectivity index (χ1) is 9.02. The Bertz CT molecular complexity index is 398. The van der Waals surface area contributed by atoms with E-state index in [0.29, 0.717) is 6.04 Å². The standard InChI is InChI=1S/C14H26N4S/c1-10(2)6-7-11(3)18-14(15-5)16-8-13-12(4)17-9-19-13/h9-11H,6-8H2,1-5H3,(H2,15,16,18). The molecule has 0 saturated carbocycles. The van der Waals surface area contributed by atoms with Gasteiger partial charge in [-0.15, -0.1) is 11.3 Å². The molecule has 4 nitrogen and oxygen atoms in total. The lowest BCUT2D eigenvalue weighted by Gasteiger charge is -2.18. The SMILES string of the molecule is CN=C(NCc1scnc1C)NC(C)CCC(C)C. The van der Waals surface area contributed by atoms with Gasteiger partial charge in [0.25, 0.3) is 0 Å². The third-order valence-electron chi connectivity index (χ3n) is 3.05. The summed E-state index contributed by atoms with van der Waals surface area (Å²) < 4.78 is 0. The van der Waals surface area contributed by atoms with Crippen LogP contribution in [-0.4, -0.2) is 24.0 Å². The van der Waals surface area contributed by atoms with Crippen molar-refractivity contribution in [2.24, 2.45) is 10.9 Å². The van der Waals surface area contributed by atoms with Crippen molar-refractivity contribution in [3.63, 3.8) is 0 Å². The van der Waals surface area contributed by atoms with E-state index in [9.17, 15) is 0 Å². The lowest BCUT2D eigenvalue weighted by molar-refractivity contribution is 0.489. The van der Waals surface area contributed by atoms with E-state index in [0.717, 1.165) is 30.5 Å². The van der Waals surface area contributed by atoms with E-state index in [-0.39, 0.29) is 0 Å². The molecule has 1 atom stereocenters. The van der Waals surface area contributed by atoms with Crippen molar-refractivity contribution in [2.45, 2.75) is 53.1 Å². The summed E-state index contributed by atoms with van der Waals surface area (Å²) in [4.78, 5) is 9.77. The molecule has 19 heavy (non-hydrogen) atoms. The van der Waals surface area contributed by atoms with E-state index in [1.807, 2.05) is 19.5 Å². The summed E-state index contributed by atoms with van der Waals surface area (Å²) in [5.74, 6) is 1.61. The number of nitrogens with zero attached hydrogens (tertiary/aromatic N) is 2. The fourth-order valence-corrected chi connectivity index (χ4v) is 2.46. The minimum absolute atomic E-state index is 0.441. The number of aromatic nitrogens is 1. The molecule has 0 bridgehead atoms. The van der Waals surface area contributed by atoms with Gasteiger partial charge in [0.1, 0.15) is 0 Å². The van der Waals surface area contributed by atoms with Gasteiger partial charge in [0.2, 0.25) is 0 Å². The van der Waals surface area contributed by atoms with Gasteiger partial charge in [0.05, 0.1) is 17.7 Å². The quantitative estimate of drug-likeness (QED) is 0.623.